The van der Waals surface area contributed by atoms with Crippen LogP contribution in [-0.4, -0.2) is 5.78 Å². The number of nitriles is 1. The first-order valence-electron chi connectivity index (χ1n) is 6.58. The monoisotopic (exact) mass is 283 g/mol. The number of rotatable bonds is 5. The van der Waals surface area contributed by atoms with Crippen molar-refractivity contribution in [2.45, 2.75) is 20.0 Å². The van der Waals surface area contributed by atoms with E-state index in [-0.39, 0.29) is 18.0 Å². The number of carbonyl (C=O) groups is 1. The minimum atomic E-state index is -0.481. The number of para-hydroxylation sites is 1. The van der Waals surface area contributed by atoms with Crippen molar-refractivity contribution in [3.63, 3.8) is 0 Å². The van der Waals surface area contributed by atoms with Crippen LogP contribution in [0.25, 0.3) is 0 Å². The molecular formula is C17H14FNO2. The van der Waals surface area contributed by atoms with Crippen LogP contribution in [0.4, 0.5) is 4.39 Å². The summed E-state index contributed by atoms with van der Waals surface area (Å²) in [6.45, 7) is 1.88. The highest BCUT2D eigenvalue weighted by atomic mass is 19.1. The van der Waals surface area contributed by atoms with Crippen LogP contribution >= 0.6 is 0 Å². The number of hydrogen-bond acceptors (Lipinski definition) is 3. The van der Waals surface area contributed by atoms with Gasteiger partial charge in [-0.15, -0.1) is 0 Å². The lowest BCUT2D eigenvalue weighted by molar-refractivity contribution is 0.0983. The maximum absolute atomic E-state index is 13.3. The normalized spacial score (nSPS) is 9.95. The van der Waals surface area contributed by atoms with Gasteiger partial charge in [0.05, 0.1) is 17.2 Å². The zero-order chi connectivity index (χ0) is 15.2. The molecule has 2 rings (SSSR count). The standard InChI is InChI=1S/C17H14FNO2/c1-2-16(20)15-5-3-4-6-17(15)21-11-13-7-12(10-19)8-14(18)9-13/h3-9H,2,11H2,1H3. The quantitative estimate of drug-likeness (QED) is 0.783. The van der Waals surface area contributed by atoms with Gasteiger partial charge in [-0.1, -0.05) is 19.1 Å². The summed E-state index contributed by atoms with van der Waals surface area (Å²) in [5.74, 6) is -0.0276. The summed E-state index contributed by atoms with van der Waals surface area (Å²) in [6, 6.07) is 12.9. The number of nitrogens with zero attached hydrogens (tertiary/aromatic N) is 1. The smallest absolute Gasteiger partial charge is 0.166 e. The fourth-order valence-corrected chi connectivity index (χ4v) is 1.97. The molecule has 0 radical (unpaired) electrons. The summed E-state index contributed by atoms with van der Waals surface area (Å²) < 4.78 is 18.9. The Balaban J connectivity index is 2.19. The first-order valence-corrected chi connectivity index (χ1v) is 6.58. The van der Waals surface area contributed by atoms with E-state index in [9.17, 15) is 9.18 Å². The zero-order valence-corrected chi connectivity index (χ0v) is 11.6. The number of ether oxygens (including phenoxy) is 1. The van der Waals surface area contributed by atoms with Gasteiger partial charge in [0, 0.05) is 6.42 Å². The molecule has 2 aromatic carbocycles. The Bertz CT molecular complexity index is 704. The van der Waals surface area contributed by atoms with Gasteiger partial charge in [-0.3, -0.25) is 4.79 Å². The van der Waals surface area contributed by atoms with Crippen molar-refractivity contribution in [1.29, 1.82) is 5.26 Å². The molecule has 0 aliphatic carbocycles. The van der Waals surface area contributed by atoms with E-state index in [0.717, 1.165) is 6.07 Å². The Kier molecular flexibility index (Phi) is 4.68. The zero-order valence-electron chi connectivity index (χ0n) is 11.6. The topological polar surface area (TPSA) is 50.1 Å². The summed E-state index contributed by atoms with van der Waals surface area (Å²) in [4.78, 5) is 11.8. The molecule has 0 unspecified atom stereocenters. The van der Waals surface area contributed by atoms with Crippen LogP contribution in [-0.2, 0) is 6.61 Å². The van der Waals surface area contributed by atoms with Crippen LogP contribution in [0.5, 0.6) is 5.75 Å². The molecule has 106 valence electrons. The molecule has 0 aliphatic rings. The SMILES string of the molecule is CCC(=O)c1ccccc1OCc1cc(F)cc(C#N)c1. The van der Waals surface area contributed by atoms with Gasteiger partial charge in [0.2, 0.25) is 0 Å². The molecule has 0 saturated carbocycles. The van der Waals surface area contributed by atoms with Gasteiger partial charge in [-0.2, -0.15) is 5.26 Å². The summed E-state index contributed by atoms with van der Waals surface area (Å²) in [5.41, 5.74) is 1.30. The van der Waals surface area contributed by atoms with Crippen LogP contribution in [0.3, 0.4) is 0 Å². The van der Waals surface area contributed by atoms with E-state index in [4.69, 9.17) is 10.00 Å². The lowest BCUT2D eigenvalue weighted by Crippen LogP contribution is -2.03. The highest BCUT2D eigenvalue weighted by Crippen LogP contribution is 2.21. The second-order valence-corrected chi connectivity index (χ2v) is 4.52. The van der Waals surface area contributed by atoms with E-state index >= 15 is 0 Å². The molecule has 3 nitrogen and oxygen atoms in total. The third kappa shape index (κ3) is 3.67. The molecule has 21 heavy (non-hydrogen) atoms. The minimum Gasteiger partial charge on any atom is -0.488 e. The molecule has 0 saturated heterocycles. The minimum absolute atomic E-state index is 0.0115. The Labute approximate surface area is 122 Å². The molecule has 2 aromatic rings. The first kappa shape index (κ1) is 14.7. The van der Waals surface area contributed by atoms with Crippen molar-refractivity contribution in [2.24, 2.45) is 0 Å². The summed E-state index contributed by atoms with van der Waals surface area (Å²) in [7, 11) is 0. The van der Waals surface area contributed by atoms with Crippen molar-refractivity contribution in [2.75, 3.05) is 0 Å². The Morgan fingerprint density at radius 1 is 1.29 bits per heavy atom. The van der Waals surface area contributed by atoms with Crippen molar-refractivity contribution >= 4 is 5.78 Å². The summed E-state index contributed by atoms with van der Waals surface area (Å²) in [6.07, 6.45) is 0.388. The van der Waals surface area contributed by atoms with Crippen LogP contribution < -0.4 is 4.74 Å². The Morgan fingerprint density at radius 2 is 2.05 bits per heavy atom. The average molecular weight is 283 g/mol. The van der Waals surface area contributed by atoms with E-state index in [1.54, 1.807) is 37.3 Å². The average Bonchev–Trinajstić information content (AvgIpc) is 2.51. The number of Topliss-reactive ketones (excluding diaryl/α,β-unsaturated/α-hetero) is 1. The number of carbonyl (C=O) groups excluding carboxylic acids is 1. The summed E-state index contributed by atoms with van der Waals surface area (Å²) in [5, 5.41) is 8.82. The van der Waals surface area contributed by atoms with Gasteiger partial charge < -0.3 is 4.74 Å². The number of halogens is 1. The number of benzene rings is 2. The molecule has 0 fully saturated rings. The highest BCUT2D eigenvalue weighted by molar-refractivity contribution is 5.98. The van der Waals surface area contributed by atoms with Crippen molar-refractivity contribution in [3.8, 4) is 11.8 Å². The fraction of sp³-hybridized carbons (Fsp3) is 0.176. The molecule has 0 atom stereocenters. The molecule has 0 amide bonds. The molecule has 0 aliphatic heterocycles. The van der Waals surface area contributed by atoms with Crippen molar-refractivity contribution in [3.05, 3.63) is 65.0 Å². The maximum Gasteiger partial charge on any atom is 0.166 e. The molecular weight excluding hydrogens is 269 g/mol. The van der Waals surface area contributed by atoms with Gasteiger partial charge >= 0.3 is 0 Å². The van der Waals surface area contributed by atoms with E-state index < -0.39 is 5.82 Å². The molecule has 0 aromatic heterocycles. The lowest BCUT2D eigenvalue weighted by atomic mass is 10.1. The van der Waals surface area contributed by atoms with Crippen LogP contribution in [0.2, 0.25) is 0 Å². The van der Waals surface area contributed by atoms with E-state index in [1.165, 1.54) is 6.07 Å². The van der Waals surface area contributed by atoms with Gasteiger partial charge in [-0.05, 0) is 35.9 Å². The second kappa shape index (κ2) is 6.67. The van der Waals surface area contributed by atoms with E-state index in [0.29, 0.717) is 23.3 Å². The summed E-state index contributed by atoms with van der Waals surface area (Å²) >= 11 is 0. The lowest BCUT2D eigenvalue weighted by Gasteiger charge is -2.10. The van der Waals surface area contributed by atoms with Gasteiger partial charge in [0.1, 0.15) is 18.2 Å². The third-order valence-corrected chi connectivity index (χ3v) is 2.99. The molecule has 0 spiro atoms. The van der Waals surface area contributed by atoms with Gasteiger partial charge in [-0.25, -0.2) is 4.39 Å². The molecule has 0 bridgehead atoms. The number of hydrogen-bond donors (Lipinski definition) is 0. The van der Waals surface area contributed by atoms with Crippen LogP contribution in [0, 0.1) is 17.1 Å². The number of ketones is 1. The molecule has 4 heteroatoms. The Hall–Kier alpha value is -2.67. The predicted octanol–water partition coefficient (Wildman–Crippen LogP) is 3.87. The molecule has 0 N–H and O–H groups in total. The predicted molar refractivity (Wildman–Crippen MR) is 76.5 cm³/mol. The largest absolute Gasteiger partial charge is 0.488 e. The molecule has 0 heterocycles. The highest BCUT2D eigenvalue weighted by Gasteiger charge is 2.10. The Morgan fingerprint density at radius 3 is 2.76 bits per heavy atom. The van der Waals surface area contributed by atoms with Crippen molar-refractivity contribution < 1.29 is 13.9 Å². The van der Waals surface area contributed by atoms with Crippen LogP contribution in [0.1, 0.15) is 34.8 Å². The third-order valence-electron chi connectivity index (χ3n) is 2.99. The van der Waals surface area contributed by atoms with Gasteiger partial charge in [0.25, 0.3) is 0 Å². The van der Waals surface area contributed by atoms with E-state index in [2.05, 4.69) is 0 Å². The second-order valence-electron chi connectivity index (χ2n) is 4.52. The van der Waals surface area contributed by atoms with E-state index in [1.807, 2.05) is 6.07 Å². The maximum atomic E-state index is 13.3. The van der Waals surface area contributed by atoms with Crippen molar-refractivity contribution in [1.82, 2.24) is 0 Å². The van der Waals surface area contributed by atoms with Gasteiger partial charge in [0.15, 0.2) is 5.78 Å². The fourth-order valence-electron chi connectivity index (χ4n) is 1.97. The van der Waals surface area contributed by atoms with Crippen LogP contribution in [0.15, 0.2) is 42.5 Å². The first-order chi connectivity index (χ1) is 10.1.